The summed E-state index contributed by atoms with van der Waals surface area (Å²) in [6.07, 6.45) is 1.60. The number of hydrogen-bond donors (Lipinski definition) is 2. The predicted octanol–water partition coefficient (Wildman–Crippen LogP) is 1.71. The highest BCUT2D eigenvalue weighted by molar-refractivity contribution is 6.08. The van der Waals surface area contributed by atoms with Crippen molar-refractivity contribution in [2.45, 2.75) is 6.92 Å². The average molecular weight is 257 g/mol. The van der Waals surface area contributed by atoms with E-state index in [1.807, 2.05) is 19.1 Å². The summed E-state index contributed by atoms with van der Waals surface area (Å²) in [6.45, 7) is 3.31. The molecule has 98 valence electrons. The summed E-state index contributed by atoms with van der Waals surface area (Å²) in [6, 6.07) is 3.97. The summed E-state index contributed by atoms with van der Waals surface area (Å²) < 4.78 is 5.37. The number of ether oxygens (including phenoxy) is 1. The average Bonchev–Trinajstić information content (AvgIpc) is 2.60. The highest BCUT2D eigenvalue weighted by atomic mass is 16.5. The molecular weight excluding hydrogens is 242 g/mol. The zero-order valence-corrected chi connectivity index (χ0v) is 10.9. The van der Waals surface area contributed by atoms with Gasteiger partial charge in [0.05, 0.1) is 18.4 Å². The Bertz CT molecular complexity index is 667. The van der Waals surface area contributed by atoms with Crippen LogP contribution in [0.1, 0.15) is 15.9 Å². The van der Waals surface area contributed by atoms with Gasteiger partial charge in [0, 0.05) is 24.7 Å². The molecule has 2 heterocycles. The first-order chi connectivity index (χ1) is 9.20. The quantitative estimate of drug-likeness (QED) is 0.816. The number of fused-ring (bicyclic) bond motifs is 3. The minimum atomic E-state index is -0.0881. The van der Waals surface area contributed by atoms with Crippen molar-refractivity contribution >= 4 is 22.5 Å². The lowest BCUT2D eigenvalue weighted by Crippen LogP contribution is -2.24. The van der Waals surface area contributed by atoms with Crippen LogP contribution < -0.4 is 15.4 Å². The Morgan fingerprint density at radius 3 is 2.84 bits per heavy atom. The number of aromatic nitrogens is 1. The van der Waals surface area contributed by atoms with E-state index in [4.69, 9.17) is 4.74 Å². The van der Waals surface area contributed by atoms with Gasteiger partial charge < -0.3 is 15.4 Å². The third-order valence-electron chi connectivity index (χ3n) is 3.26. The number of carbonyl (C=O) groups is 1. The molecule has 0 unspecified atom stereocenters. The van der Waals surface area contributed by atoms with Crippen molar-refractivity contribution in [3.8, 4) is 5.75 Å². The van der Waals surface area contributed by atoms with Crippen LogP contribution in [0.2, 0.25) is 0 Å². The molecule has 0 atom stereocenters. The maximum atomic E-state index is 12.0. The summed E-state index contributed by atoms with van der Waals surface area (Å²) >= 11 is 0. The number of benzene rings is 1. The first-order valence-corrected chi connectivity index (χ1v) is 6.20. The molecule has 2 N–H and O–H groups in total. The van der Waals surface area contributed by atoms with Gasteiger partial charge >= 0.3 is 0 Å². The predicted molar refractivity (Wildman–Crippen MR) is 73.9 cm³/mol. The van der Waals surface area contributed by atoms with E-state index in [0.29, 0.717) is 18.7 Å². The monoisotopic (exact) mass is 257 g/mol. The largest absolute Gasteiger partial charge is 0.494 e. The van der Waals surface area contributed by atoms with Crippen molar-refractivity contribution in [2.75, 3.05) is 25.5 Å². The molecule has 0 radical (unpaired) electrons. The number of aryl methyl sites for hydroxylation is 1. The van der Waals surface area contributed by atoms with Crippen LogP contribution in [0, 0.1) is 6.92 Å². The van der Waals surface area contributed by atoms with Crippen molar-refractivity contribution in [3.63, 3.8) is 0 Å². The second-order valence-electron chi connectivity index (χ2n) is 4.59. The van der Waals surface area contributed by atoms with Gasteiger partial charge in [0.25, 0.3) is 5.91 Å². The Labute approximate surface area is 111 Å². The molecule has 1 amide bonds. The van der Waals surface area contributed by atoms with Crippen LogP contribution in [0.15, 0.2) is 18.3 Å². The standard InChI is InChI=1S/C14H15N3O2/c1-8-5-9-12-10(14(18)16-4-3-15-12)7-17-13(9)11(6-8)19-2/h5-7,15H,3-4H2,1-2H3,(H,16,18). The number of carbonyl (C=O) groups excluding carboxylic acids is 1. The number of nitrogens with one attached hydrogen (secondary N) is 2. The first-order valence-electron chi connectivity index (χ1n) is 6.20. The van der Waals surface area contributed by atoms with E-state index in [1.165, 1.54) is 0 Å². The maximum Gasteiger partial charge on any atom is 0.255 e. The Morgan fingerprint density at radius 2 is 2.05 bits per heavy atom. The molecular formula is C14H15N3O2. The molecule has 0 spiro atoms. The normalized spacial score (nSPS) is 14.3. The summed E-state index contributed by atoms with van der Waals surface area (Å²) in [5.41, 5.74) is 3.26. The van der Waals surface area contributed by atoms with Crippen LogP contribution in [-0.2, 0) is 0 Å². The summed E-state index contributed by atoms with van der Waals surface area (Å²) in [7, 11) is 1.63. The van der Waals surface area contributed by atoms with Crippen LogP contribution in [0.5, 0.6) is 5.75 Å². The van der Waals surface area contributed by atoms with Crippen molar-refractivity contribution in [1.29, 1.82) is 0 Å². The van der Waals surface area contributed by atoms with Crippen molar-refractivity contribution in [1.82, 2.24) is 10.3 Å². The lowest BCUT2D eigenvalue weighted by Gasteiger charge is -2.12. The van der Waals surface area contributed by atoms with Gasteiger partial charge in [0.15, 0.2) is 0 Å². The highest BCUT2D eigenvalue weighted by Gasteiger charge is 2.19. The van der Waals surface area contributed by atoms with Gasteiger partial charge in [-0.3, -0.25) is 9.78 Å². The Kier molecular flexibility index (Phi) is 2.74. The number of pyridine rings is 1. The van der Waals surface area contributed by atoms with Crippen LogP contribution in [0.25, 0.3) is 10.9 Å². The topological polar surface area (TPSA) is 63.2 Å². The van der Waals surface area contributed by atoms with E-state index in [9.17, 15) is 4.79 Å². The molecule has 5 heteroatoms. The number of anilines is 1. The number of nitrogens with zero attached hydrogens (tertiary/aromatic N) is 1. The second-order valence-corrected chi connectivity index (χ2v) is 4.59. The van der Waals surface area contributed by atoms with E-state index in [2.05, 4.69) is 15.6 Å². The van der Waals surface area contributed by atoms with Gasteiger partial charge in [-0.25, -0.2) is 0 Å². The van der Waals surface area contributed by atoms with Gasteiger partial charge in [-0.05, 0) is 24.6 Å². The Balaban J connectivity index is 2.35. The number of rotatable bonds is 1. The van der Waals surface area contributed by atoms with Gasteiger partial charge in [0.2, 0.25) is 0 Å². The van der Waals surface area contributed by atoms with E-state index >= 15 is 0 Å². The SMILES string of the molecule is COc1cc(C)cc2c3c(cnc12)C(=O)NCCN3. The zero-order chi connectivity index (χ0) is 13.4. The Hall–Kier alpha value is -2.30. The van der Waals surface area contributed by atoms with Crippen LogP contribution in [-0.4, -0.2) is 31.1 Å². The molecule has 0 aliphatic carbocycles. The molecule has 19 heavy (non-hydrogen) atoms. The molecule has 0 saturated carbocycles. The van der Waals surface area contributed by atoms with E-state index in [-0.39, 0.29) is 5.91 Å². The van der Waals surface area contributed by atoms with Gasteiger partial charge in [0.1, 0.15) is 11.3 Å². The molecule has 5 nitrogen and oxygen atoms in total. The summed E-state index contributed by atoms with van der Waals surface area (Å²) in [5.74, 6) is 0.638. The Morgan fingerprint density at radius 1 is 1.26 bits per heavy atom. The molecule has 1 aromatic carbocycles. The highest BCUT2D eigenvalue weighted by Crippen LogP contribution is 2.33. The van der Waals surface area contributed by atoms with E-state index in [1.54, 1.807) is 13.3 Å². The fraction of sp³-hybridized carbons (Fsp3) is 0.286. The van der Waals surface area contributed by atoms with E-state index in [0.717, 1.165) is 27.9 Å². The summed E-state index contributed by atoms with van der Waals surface area (Å²) in [5, 5.41) is 7.06. The van der Waals surface area contributed by atoms with Crippen molar-refractivity contribution < 1.29 is 9.53 Å². The fourth-order valence-electron chi connectivity index (χ4n) is 2.39. The third kappa shape index (κ3) is 1.87. The van der Waals surface area contributed by atoms with Crippen LogP contribution in [0.4, 0.5) is 5.69 Å². The zero-order valence-electron chi connectivity index (χ0n) is 10.9. The lowest BCUT2D eigenvalue weighted by atomic mass is 10.1. The fourth-order valence-corrected chi connectivity index (χ4v) is 2.39. The third-order valence-corrected chi connectivity index (χ3v) is 3.26. The molecule has 1 aliphatic rings. The van der Waals surface area contributed by atoms with Crippen molar-refractivity contribution in [3.05, 3.63) is 29.5 Å². The van der Waals surface area contributed by atoms with Gasteiger partial charge in [-0.15, -0.1) is 0 Å². The second kappa shape index (κ2) is 4.42. The molecule has 0 saturated heterocycles. The first kappa shape index (κ1) is 11.8. The molecule has 1 aromatic heterocycles. The van der Waals surface area contributed by atoms with Crippen LogP contribution >= 0.6 is 0 Å². The molecule has 3 rings (SSSR count). The minimum absolute atomic E-state index is 0.0881. The number of hydrogen-bond acceptors (Lipinski definition) is 4. The molecule has 0 fully saturated rings. The lowest BCUT2D eigenvalue weighted by molar-refractivity contribution is 0.0958. The molecule has 0 bridgehead atoms. The number of amides is 1. The van der Waals surface area contributed by atoms with Crippen molar-refractivity contribution in [2.24, 2.45) is 0 Å². The summed E-state index contributed by atoms with van der Waals surface area (Å²) in [4.78, 5) is 16.3. The molecule has 2 aromatic rings. The van der Waals surface area contributed by atoms with E-state index < -0.39 is 0 Å². The number of methoxy groups -OCH3 is 1. The maximum absolute atomic E-state index is 12.0. The van der Waals surface area contributed by atoms with Gasteiger partial charge in [-0.1, -0.05) is 0 Å². The molecule has 1 aliphatic heterocycles. The van der Waals surface area contributed by atoms with Crippen LogP contribution in [0.3, 0.4) is 0 Å². The smallest absolute Gasteiger partial charge is 0.255 e. The van der Waals surface area contributed by atoms with Gasteiger partial charge in [-0.2, -0.15) is 0 Å². The minimum Gasteiger partial charge on any atom is -0.494 e.